The van der Waals surface area contributed by atoms with Crippen LogP contribution in [0.1, 0.15) is 32.6 Å². The average Bonchev–Trinajstić information content (AvgIpc) is 2.32. The van der Waals surface area contributed by atoms with Crippen molar-refractivity contribution in [2.24, 2.45) is 5.73 Å². The van der Waals surface area contributed by atoms with E-state index in [-0.39, 0.29) is 23.7 Å². The fourth-order valence-electron chi connectivity index (χ4n) is 1.10. The summed E-state index contributed by atoms with van der Waals surface area (Å²) in [4.78, 5) is 22.9. The van der Waals surface area contributed by atoms with Crippen LogP contribution in [0, 0.1) is 0 Å². The maximum Gasteiger partial charge on any atom is 0.356 e. The van der Waals surface area contributed by atoms with Gasteiger partial charge in [0.05, 0.1) is 7.11 Å². The quantitative estimate of drug-likeness (QED) is 0.405. The molecule has 0 aromatic heterocycles. The molecular weight excluding hydrogens is 240 g/mol. The van der Waals surface area contributed by atoms with E-state index < -0.39 is 5.97 Å². The van der Waals surface area contributed by atoms with E-state index >= 15 is 0 Å². The number of methoxy groups -OCH3 is 1. The van der Waals surface area contributed by atoms with Gasteiger partial charge in [0, 0.05) is 18.5 Å². The van der Waals surface area contributed by atoms with Crippen LogP contribution in [0.3, 0.4) is 0 Å². The number of nitrogens with two attached hydrogens (primary N) is 1. The van der Waals surface area contributed by atoms with E-state index in [1.54, 1.807) is 0 Å². The lowest BCUT2D eigenvalue weighted by atomic mass is 10.2. The van der Waals surface area contributed by atoms with Gasteiger partial charge in [-0.2, -0.15) is 0 Å². The van der Waals surface area contributed by atoms with Crippen LogP contribution in [0.5, 0.6) is 0 Å². The van der Waals surface area contributed by atoms with Gasteiger partial charge in [0.2, 0.25) is 5.91 Å². The topological polar surface area (TPSA) is 81.4 Å². The maximum atomic E-state index is 11.5. The number of hydrogen-bond acceptors (Lipinski definition) is 5. The summed E-state index contributed by atoms with van der Waals surface area (Å²) in [6, 6.07) is 0. The SMILES string of the molecule is CCCCC(=O)N/C(C(=O)OC)=C(\N)CC=S. The summed E-state index contributed by atoms with van der Waals surface area (Å²) in [5.74, 6) is -0.913. The molecule has 0 aromatic rings. The first kappa shape index (κ1) is 15.6. The van der Waals surface area contributed by atoms with Gasteiger partial charge in [-0.1, -0.05) is 25.6 Å². The van der Waals surface area contributed by atoms with Crippen LogP contribution >= 0.6 is 12.2 Å². The molecule has 3 N–H and O–H groups in total. The van der Waals surface area contributed by atoms with E-state index in [1.165, 1.54) is 12.5 Å². The second-order valence-corrected chi connectivity index (χ2v) is 3.75. The van der Waals surface area contributed by atoms with E-state index in [4.69, 9.17) is 5.73 Å². The zero-order valence-corrected chi connectivity index (χ0v) is 10.9. The Kier molecular flexibility index (Phi) is 7.96. The number of hydrogen-bond donors (Lipinski definition) is 2. The number of esters is 1. The predicted molar refractivity (Wildman–Crippen MR) is 69.2 cm³/mol. The molecule has 0 radical (unpaired) electrons. The molecule has 0 saturated heterocycles. The van der Waals surface area contributed by atoms with Gasteiger partial charge >= 0.3 is 5.97 Å². The van der Waals surface area contributed by atoms with E-state index in [2.05, 4.69) is 22.3 Å². The van der Waals surface area contributed by atoms with Gasteiger partial charge in [0.25, 0.3) is 0 Å². The Balaban J connectivity index is 4.71. The second kappa shape index (κ2) is 8.69. The monoisotopic (exact) mass is 258 g/mol. The first-order chi connectivity index (χ1) is 8.06. The number of amides is 1. The average molecular weight is 258 g/mol. The molecule has 5 nitrogen and oxygen atoms in total. The molecular formula is C11H18N2O3S. The number of ether oxygens (including phenoxy) is 1. The van der Waals surface area contributed by atoms with Gasteiger partial charge < -0.3 is 15.8 Å². The highest BCUT2D eigenvalue weighted by molar-refractivity contribution is 7.79. The lowest BCUT2D eigenvalue weighted by molar-refractivity contribution is -0.138. The molecule has 0 saturated carbocycles. The van der Waals surface area contributed by atoms with Crippen LogP contribution in [0.25, 0.3) is 0 Å². The highest BCUT2D eigenvalue weighted by atomic mass is 32.1. The highest BCUT2D eigenvalue weighted by Gasteiger charge is 2.16. The van der Waals surface area contributed by atoms with Gasteiger partial charge in [-0.05, 0) is 11.8 Å². The van der Waals surface area contributed by atoms with Gasteiger partial charge in [-0.3, -0.25) is 4.79 Å². The van der Waals surface area contributed by atoms with E-state index in [9.17, 15) is 9.59 Å². The smallest absolute Gasteiger partial charge is 0.356 e. The van der Waals surface area contributed by atoms with Crippen molar-refractivity contribution in [3.05, 3.63) is 11.4 Å². The third-order valence-corrected chi connectivity index (χ3v) is 2.20. The Morgan fingerprint density at radius 2 is 2.12 bits per heavy atom. The van der Waals surface area contributed by atoms with Crippen molar-refractivity contribution in [3.8, 4) is 0 Å². The van der Waals surface area contributed by atoms with Crippen LogP contribution in [0.2, 0.25) is 0 Å². The number of rotatable bonds is 7. The minimum atomic E-state index is -0.663. The number of nitrogens with one attached hydrogen (secondary N) is 1. The van der Waals surface area contributed by atoms with E-state index in [0.29, 0.717) is 6.42 Å². The summed E-state index contributed by atoms with van der Waals surface area (Å²) < 4.78 is 4.55. The normalized spacial score (nSPS) is 11.4. The largest absolute Gasteiger partial charge is 0.464 e. The Morgan fingerprint density at radius 3 is 2.59 bits per heavy atom. The van der Waals surface area contributed by atoms with E-state index in [1.807, 2.05) is 6.92 Å². The van der Waals surface area contributed by atoms with E-state index in [0.717, 1.165) is 12.8 Å². The first-order valence-corrected chi connectivity index (χ1v) is 5.84. The summed E-state index contributed by atoms with van der Waals surface area (Å²) in [5.41, 5.74) is 5.83. The molecule has 0 atom stereocenters. The molecule has 0 heterocycles. The predicted octanol–water partition coefficient (Wildman–Crippen LogP) is 1.03. The Hall–Kier alpha value is -1.43. The summed E-state index contributed by atoms with van der Waals surface area (Å²) in [6.45, 7) is 1.98. The summed E-state index contributed by atoms with van der Waals surface area (Å²) >= 11 is 4.65. The maximum absolute atomic E-state index is 11.5. The Morgan fingerprint density at radius 1 is 1.47 bits per heavy atom. The highest BCUT2D eigenvalue weighted by Crippen LogP contribution is 2.03. The Bertz CT molecular complexity index is 327. The third-order valence-electron chi connectivity index (χ3n) is 2.04. The molecule has 0 fully saturated rings. The van der Waals surface area contributed by atoms with Crippen molar-refractivity contribution in [1.82, 2.24) is 5.32 Å². The molecule has 17 heavy (non-hydrogen) atoms. The lowest BCUT2D eigenvalue weighted by Gasteiger charge is -2.10. The Labute approximate surface area is 106 Å². The molecule has 0 aliphatic heterocycles. The van der Waals surface area contributed by atoms with Crippen molar-refractivity contribution in [2.75, 3.05) is 7.11 Å². The van der Waals surface area contributed by atoms with Gasteiger partial charge in [-0.25, -0.2) is 4.79 Å². The number of carbonyl (C=O) groups is 2. The number of unbranched alkanes of at least 4 members (excludes halogenated alkanes) is 1. The first-order valence-electron chi connectivity index (χ1n) is 5.37. The fraction of sp³-hybridized carbons (Fsp3) is 0.545. The van der Waals surface area contributed by atoms with Crippen molar-refractivity contribution in [2.45, 2.75) is 32.6 Å². The number of carbonyl (C=O) groups excluding carboxylic acids is 2. The van der Waals surface area contributed by atoms with Crippen LogP contribution in [0.4, 0.5) is 0 Å². The standard InChI is InChI=1S/C11H18N2O3S/c1-3-4-5-9(14)13-10(11(15)16-2)8(12)6-7-17/h7H,3-6,12H2,1-2H3,(H,13,14)/b10-8-. The minimum Gasteiger partial charge on any atom is -0.464 e. The zero-order valence-electron chi connectivity index (χ0n) is 10.1. The molecule has 0 aliphatic rings. The molecule has 0 unspecified atom stereocenters. The molecule has 0 spiro atoms. The van der Waals surface area contributed by atoms with Crippen molar-refractivity contribution in [1.29, 1.82) is 0 Å². The van der Waals surface area contributed by atoms with Gasteiger partial charge in [0.1, 0.15) is 5.70 Å². The molecule has 0 aromatic carbocycles. The van der Waals surface area contributed by atoms with Gasteiger partial charge in [0.15, 0.2) is 0 Å². The molecule has 0 aliphatic carbocycles. The van der Waals surface area contributed by atoms with Crippen molar-refractivity contribution in [3.63, 3.8) is 0 Å². The molecule has 0 bridgehead atoms. The van der Waals surface area contributed by atoms with Crippen molar-refractivity contribution >= 4 is 29.5 Å². The molecule has 96 valence electrons. The fourth-order valence-corrected chi connectivity index (χ4v) is 1.28. The summed E-state index contributed by atoms with van der Waals surface area (Å²) in [7, 11) is 1.23. The summed E-state index contributed by atoms with van der Waals surface area (Å²) in [5, 5.41) is 3.85. The van der Waals surface area contributed by atoms with Crippen LogP contribution in [-0.4, -0.2) is 24.4 Å². The number of allylic oxidation sites excluding steroid dienone is 1. The van der Waals surface area contributed by atoms with Crippen LogP contribution in [-0.2, 0) is 14.3 Å². The second-order valence-electron chi connectivity index (χ2n) is 3.41. The lowest BCUT2D eigenvalue weighted by Crippen LogP contribution is -2.31. The van der Waals surface area contributed by atoms with Crippen molar-refractivity contribution < 1.29 is 14.3 Å². The third kappa shape index (κ3) is 6.01. The van der Waals surface area contributed by atoms with Gasteiger partial charge in [-0.15, -0.1) is 0 Å². The minimum absolute atomic E-state index is 0.0188. The van der Waals surface area contributed by atoms with Crippen LogP contribution < -0.4 is 11.1 Å². The molecule has 6 heteroatoms. The molecule has 0 rings (SSSR count). The van der Waals surface area contributed by atoms with Crippen LogP contribution in [0.15, 0.2) is 11.4 Å². The summed E-state index contributed by atoms with van der Waals surface area (Å²) in [6.07, 6.45) is 2.25. The zero-order chi connectivity index (χ0) is 13.3. The molecule has 1 amide bonds. The number of thiocarbonyl (C=S) groups is 1.